The summed E-state index contributed by atoms with van der Waals surface area (Å²) in [7, 11) is 0. The van der Waals surface area contributed by atoms with E-state index in [1.54, 1.807) is 0 Å². The molecule has 0 bridgehead atoms. The average Bonchev–Trinajstić information content (AvgIpc) is 3.32. The average molecular weight is 1210 g/mol. The van der Waals surface area contributed by atoms with E-state index in [1.165, 1.54) is 33.4 Å². The van der Waals surface area contributed by atoms with Gasteiger partial charge < -0.3 is 0 Å². The Hall–Kier alpha value is -2.20. The number of hydrogen-bond acceptors (Lipinski definition) is 0. The molecule has 0 amide bonds. The van der Waals surface area contributed by atoms with Gasteiger partial charge in [0.1, 0.15) is 0 Å². The van der Waals surface area contributed by atoms with Crippen molar-refractivity contribution in [2.45, 2.75) is 137 Å². The number of benzene rings is 6. The summed E-state index contributed by atoms with van der Waals surface area (Å²) in [4.78, 5) is 0. The van der Waals surface area contributed by atoms with Crippen molar-refractivity contribution < 1.29 is 74.8 Å². The van der Waals surface area contributed by atoms with Crippen molar-refractivity contribution in [1.82, 2.24) is 0 Å². The van der Waals surface area contributed by atoms with Gasteiger partial charge in [-0.3, -0.25) is 0 Å². The molecule has 1 radical (unpaired) electrons. The van der Waals surface area contributed by atoms with Gasteiger partial charge in [-0.05, 0) is 19.3 Å². The molecule has 0 aromatic heterocycles. The standard InChI is InChI=1S/3C13H10.8C2H6.CH4.2W.Y/c3*1-3-7-12(8-4-1)11-13-9-5-2-6-10-13;8*1-2;;;;/h3*1-7,9H,11H2;8*1-2H3;1H4;;;/q3*-2;;;;;;;;;;2*+2;. The molecule has 0 aliphatic carbocycles. The molecule has 6 aromatic rings. The van der Waals surface area contributed by atoms with Crippen LogP contribution in [0.4, 0.5) is 0 Å². The molecule has 323 valence electrons. The van der Waals surface area contributed by atoms with Gasteiger partial charge in [0.2, 0.25) is 0 Å². The van der Waals surface area contributed by atoms with Crippen LogP contribution < -0.4 is 0 Å². The molecule has 6 rings (SSSR count). The molecule has 0 nitrogen and oxygen atoms in total. The summed E-state index contributed by atoms with van der Waals surface area (Å²) >= 11 is 0. The van der Waals surface area contributed by atoms with E-state index in [-0.39, 0.29) is 82.3 Å². The second-order valence-electron chi connectivity index (χ2n) is 8.86. The minimum atomic E-state index is 0. The summed E-state index contributed by atoms with van der Waals surface area (Å²) in [5.41, 5.74) is 7.28. The summed E-state index contributed by atoms with van der Waals surface area (Å²) in [6.07, 6.45) is 2.76. The predicted molar refractivity (Wildman–Crippen MR) is 258 cm³/mol. The van der Waals surface area contributed by atoms with Crippen molar-refractivity contribution in [2.75, 3.05) is 0 Å². The van der Waals surface area contributed by atoms with Gasteiger partial charge in [0, 0.05) is 32.7 Å². The normalized spacial score (nSPS) is 7.32. The molecule has 0 N–H and O–H groups in total. The molecule has 6 aromatic carbocycles. The van der Waals surface area contributed by atoms with Crippen molar-refractivity contribution in [3.63, 3.8) is 0 Å². The van der Waals surface area contributed by atoms with E-state index in [0.717, 1.165) is 19.3 Å². The fourth-order valence-corrected chi connectivity index (χ4v) is 3.86. The molecule has 0 saturated heterocycles. The monoisotopic (exact) mass is 1210 g/mol. The van der Waals surface area contributed by atoms with Crippen LogP contribution in [0.15, 0.2) is 146 Å². The number of hydrogen-bond donors (Lipinski definition) is 0. The number of rotatable bonds is 6. The first-order chi connectivity index (χ1) is 27.3. The molecule has 0 spiro atoms. The molecule has 59 heavy (non-hydrogen) atoms. The Kier molecular flexibility index (Phi) is 92.3. The van der Waals surface area contributed by atoms with Crippen LogP contribution in [0.5, 0.6) is 0 Å². The Balaban J connectivity index is -0.0000000752. The van der Waals surface area contributed by atoms with Crippen LogP contribution in [-0.4, -0.2) is 0 Å². The van der Waals surface area contributed by atoms with E-state index in [0.29, 0.717) is 0 Å². The van der Waals surface area contributed by atoms with E-state index in [9.17, 15) is 0 Å². The molecule has 0 unspecified atom stereocenters. The zero-order chi connectivity index (χ0) is 42.8. The molecule has 0 fully saturated rings. The maximum Gasteiger partial charge on any atom is 2.00 e. The first-order valence-electron chi connectivity index (χ1n) is 21.1. The molecule has 0 atom stereocenters. The van der Waals surface area contributed by atoms with Crippen LogP contribution in [0.2, 0.25) is 0 Å². The molecular weight excluding hydrogens is 1130 g/mol. The van der Waals surface area contributed by atoms with Crippen LogP contribution in [0.1, 0.15) is 152 Å². The molecule has 0 saturated carbocycles. The second kappa shape index (κ2) is 70.4. The van der Waals surface area contributed by atoms with Gasteiger partial charge in [0.15, 0.2) is 0 Å². The quantitative estimate of drug-likeness (QED) is 0.146. The zero-order valence-electron chi connectivity index (χ0n) is 39.4. The summed E-state index contributed by atoms with van der Waals surface area (Å²) in [6.45, 7) is 32.0. The van der Waals surface area contributed by atoms with E-state index >= 15 is 0 Å². The van der Waals surface area contributed by atoms with Crippen LogP contribution in [0, 0.1) is 36.4 Å². The van der Waals surface area contributed by atoms with Gasteiger partial charge in [-0.25, -0.2) is 0 Å². The van der Waals surface area contributed by atoms with E-state index in [1.807, 2.05) is 220 Å². The molecule has 0 aliphatic rings. The van der Waals surface area contributed by atoms with Crippen molar-refractivity contribution in [3.8, 4) is 0 Å². The summed E-state index contributed by atoms with van der Waals surface area (Å²) in [6, 6.07) is 67.5. The first kappa shape index (κ1) is 77.4. The zero-order valence-corrected chi connectivity index (χ0v) is 48.1. The minimum Gasteiger partial charge on any atom is -0.180 e. The Morgan fingerprint density at radius 2 is 0.373 bits per heavy atom. The molecule has 0 aliphatic heterocycles. The van der Waals surface area contributed by atoms with Gasteiger partial charge in [-0.2, -0.15) is 215 Å². The van der Waals surface area contributed by atoms with Gasteiger partial charge in [0.05, 0.1) is 0 Å². The largest absolute Gasteiger partial charge is 2.00 e. The topological polar surface area (TPSA) is 0 Å². The minimum absolute atomic E-state index is 0. The smallest absolute Gasteiger partial charge is 0.180 e. The van der Waals surface area contributed by atoms with Crippen molar-refractivity contribution in [3.05, 3.63) is 215 Å². The summed E-state index contributed by atoms with van der Waals surface area (Å²) in [5.74, 6) is 0. The first-order valence-corrected chi connectivity index (χ1v) is 21.1. The van der Waals surface area contributed by atoms with Crippen molar-refractivity contribution >= 4 is 0 Å². The third kappa shape index (κ3) is 48.3. The molecule has 0 heterocycles. The third-order valence-electron chi connectivity index (χ3n) is 5.78. The van der Waals surface area contributed by atoms with Crippen LogP contribution in [-0.2, 0) is 94.1 Å². The Labute approximate surface area is 423 Å². The Morgan fingerprint density at radius 1 is 0.254 bits per heavy atom. The van der Waals surface area contributed by atoms with Crippen molar-refractivity contribution in [1.29, 1.82) is 0 Å². The second-order valence-corrected chi connectivity index (χ2v) is 8.86. The van der Waals surface area contributed by atoms with Gasteiger partial charge in [-0.15, -0.1) is 0 Å². The summed E-state index contributed by atoms with van der Waals surface area (Å²) < 4.78 is 0. The van der Waals surface area contributed by atoms with Gasteiger partial charge in [-0.1, -0.05) is 118 Å². The van der Waals surface area contributed by atoms with E-state index in [2.05, 4.69) is 72.8 Å². The van der Waals surface area contributed by atoms with Gasteiger partial charge in [0.25, 0.3) is 0 Å². The predicted octanol–water partition coefficient (Wildman–Crippen LogP) is 17.5. The summed E-state index contributed by atoms with van der Waals surface area (Å²) in [5, 5.41) is 0. The van der Waals surface area contributed by atoms with Crippen LogP contribution >= 0.6 is 0 Å². The van der Waals surface area contributed by atoms with Crippen LogP contribution in [0.3, 0.4) is 0 Å². The molecule has 3 heteroatoms. The fourth-order valence-electron chi connectivity index (χ4n) is 3.86. The third-order valence-corrected chi connectivity index (χ3v) is 5.78. The van der Waals surface area contributed by atoms with Crippen molar-refractivity contribution in [2.24, 2.45) is 0 Å². The van der Waals surface area contributed by atoms with E-state index in [4.69, 9.17) is 0 Å². The maximum absolute atomic E-state index is 3.20. The van der Waals surface area contributed by atoms with Crippen LogP contribution in [0.25, 0.3) is 0 Å². The van der Waals surface area contributed by atoms with E-state index < -0.39 is 0 Å². The fraction of sp³-hybridized carbons (Fsp3) is 0.357. The molecular formula is C56H82W2Y-2. The van der Waals surface area contributed by atoms with Gasteiger partial charge >= 0.3 is 42.1 Å². The SMILES string of the molecule is C.CC.CC.CC.CC.CC.CC.CC.CC.[W+2].[W+2].[Y].[c-]1ccccc1Cc1[c-]cccc1.[c-]1ccccc1Cc1[c-]cccc1.[c-]1ccccc1Cc1[c-]cccc1. The Bertz CT molecular complexity index is 1140. The Morgan fingerprint density at radius 3 is 0.458 bits per heavy atom. The maximum atomic E-state index is 3.20.